The summed E-state index contributed by atoms with van der Waals surface area (Å²) in [5.74, 6) is -1.89. The molecule has 3 rings (SSSR count). The second-order valence-electron chi connectivity index (χ2n) is 6.08. The van der Waals surface area contributed by atoms with Gasteiger partial charge >= 0.3 is 12.3 Å². The molecule has 142 valence electrons. The van der Waals surface area contributed by atoms with Crippen molar-refractivity contribution in [2.24, 2.45) is 0 Å². The fourth-order valence-corrected chi connectivity index (χ4v) is 3.13. The smallest absolute Gasteiger partial charge is 0.481 e. The maximum absolute atomic E-state index is 13.7. The minimum atomic E-state index is -4.79. The van der Waals surface area contributed by atoms with Crippen LogP contribution in [0.4, 0.5) is 17.6 Å². The van der Waals surface area contributed by atoms with Crippen LogP contribution in [0.2, 0.25) is 0 Å². The molecular formula is C19H15F4NO3. The van der Waals surface area contributed by atoms with Gasteiger partial charge in [0.05, 0.1) is 6.42 Å². The average Bonchev–Trinajstić information content (AvgIpc) is 2.78. The average molecular weight is 381 g/mol. The van der Waals surface area contributed by atoms with Crippen LogP contribution >= 0.6 is 0 Å². The zero-order chi connectivity index (χ0) is 19.8. The van der Waals surface area contributed by atoms with Gasteiger partial charge in [0, 0.05) is 23.1 Å². The van der Waals surface area contributed by atoms with Crippen molar-refractivity contribution in [3.8, 4) is 5.75 Å². The molecule has 1 heterocycles. The summed E-state index contributed by atoms with van der Waals surface area (Å²) in [4.78, 5) is 11.2. The quantitative estimate of drug-likeness (QED) is 0.654. The molecule has 0 saturated heterocycles. The maximum Gasteiger partial charge on any atom is 0.573 e. The van der Waals surface area contributed by atoms with Gasteiger partial charge in [-0.3, -0.25) is 4.79 Å². The molecule has 0 radical (unpaired) electrons. The minimum Gasteiger partial charge on any atom is -0.481 e. The van der Waals surface area contributed by atoms with Gasteiger partial charge in [0.2, 0.25) is 0 Å². The topological polar surface area (TPSA) is 51.5 Å². The van der Waals surface area contributed by atoms with Crippen molar-refractivity contribution in [3.05, 3.63) is 65.1 Å². The lowest BCUT2D eigenvalue weighted by Gasteiger charge is -2.12. The Hall–Kier alpha value is -3.03. The zero-order valence-electron chi connectivity index (χ0n) is 14.2. The van der Waals surface area contributed by atoms with Gasteiger partial charge in [0.1, 0.15) is 11.6 Å². The summed E-state index contributed by atoms with van der Waals surface area (Å²) < 4.78 is 56.6. The van der Waals surface area contributed by atoms with Gasteiger partial charge < -0.3 is 14.4 Å². The SMILES string of the molecule is Cc1c(CC(=O)O)c2cc(F)ccc2n1Cc1cccc(OC(F)(F)F)c1. The summed E-state index contributed by atoms with van der Waals surface area (Å²) in [6, 6.07) is 9.58. The normalized spacial score (nSPS) is 11.7. The predicted octanol–water partition coefficient (Wildman–Crippen LogP) is 4.66. The molecule has 8 heteroatoms. The van der Waals surface area contributed by atoms with Gasteiger partial charge in [0.25, 0.3) is 0 Å². The molecule has 0 atom stereocenters. The number of aliphatic carboxylic acids is 1. The van der Waals surface area contributed by atoms with Crippen molar-refractivity contribution < 1.29 is 32.2 Å². The van der Waals surface area contributed by atoms with E-state index in [9.17, 15) is 22.4 Å². The molecule has 0 aliphatic heterocycles. The van der Waals surface area contributed by atoms with Crippen molar-refractivity contribution >= 4 is 16.9 Å². The molecule has 1 aromatic heterocycles. The van der Waals surface area contributed by atoms with Gasteiger partial charge in [-0.2, -0.15) is 0 Å². The number of carboxylic acid groups (broad SMARTS) is 1. The summed E-state index contributed by atoms with van der Waals surface area (Å²) in [5, 5.41) is 9.61. The van der Waals surface area contributed by atoms with Gasteiger partial charge in [-0.25, -0.2) is 4.39 Å². The highest BCUT2D eigenvalue weighted by Gasteiger charge is 2.31. The summed E-state index contributed by atoms with van der Waals surface area (Å²) >= 11 is 0. The number of carbonyl (C=O) groups is 1. The van der Waals surface area contributed by atoms with Gasteiger partial charge in [0.15, 0.2) is 0 Å². The van der Waals surface area contributed by atoms with Crippen LogP contribution in [0.15, 0.2) is 42.5 Å². The molecule has 0 aliphatic carbocycles. The Balaban J connectivity index is 2.04. The minimum absolute atomic E-state index is 0.183. The standard InChI is InChI=1S/C19H15F4NO3/c1-11-15(9-18(25)26)16-8-13(20)5-6-17(16)24(11)10-12-3-2-4-14(7-12)27-19(21,22)23/h2-8H,9-10H2,1H3,(H,25,26). The van der Waals surface area contributed by atoms with Crippen LogP contribution in [0, 0.1) is 12.7 Å². The number of ether oxygens (including phenoxy) is 1. The highest BCUT2D eigenvalue weighted by molar-refractivity contribution is 5.89. The lowest BCUT2D eigenvalue weighted by atomic mass is 10.1. The third kappa shape index (κ3) is 4.21. The Morgan fingerprint density at radius 1 is 1.19 bits per heavy atom. The second-order valence-corrected chi connectivity index (χ2v) is 6.08. The molecule has 2 aromatic carbocycles. The Morgan fingerprint density at radius 3 is 2.59 bits per heavy atom. The number of alkyl halides is 3. The van der Waals surface area contributed by atoms with Crippen LogP contribution in [-0.4, -0.2) is 22.0 Å². The fourth-order valence-electron chi connectivity index (χ4n) is 3.13. The Bertz CT molecular complexity index is 1010. The molecule has 0 saturated carbocycles. The highest BCUT2D eigenvalue weighted by atomic mass is 19.4. The third-order valence-electron chi connectivity index (χ3n) is 4.22. The lowest BCUT2D eigenvalue weighted by molar-refractivity contribution is -0.274. The predicted molar refractivity (Wildman–Crippen MR) is 90.2 cm³/mol. The number of rotatable bonds is 5. The number of aromatic nitrogens is 1. The van der Waals surface area contributed by atoms with Crippen LogP contribution in [0.3, 0.4) is 0 Å². The highest BCUT2D eigenvalue weighted by Crippen LogP contribution is 2.29. The van der Waals surface area contributed by atoms with Crippen molar-refractivity contribution in [2.45, 2.75) is 26.3 Å². The van der Waals surface area contributed by atoms with Gasteiger partial charge in [-0.05, 0) is 48.4 Å². The van der Waals surface area contributed by atoms with Gasteiger partial charge in [-0.1, -0.05) is 12.1 Å². The molecule has 4 nitrogen and oxygen atoms in total. The number of fused-ring (bicyclic) bond motifs is 1. The van der Waals surface area contributed by atoms with Crippen LogP contribution in [0.5, 0.6) is 5.75 Å². The van der Waals surface area contributed by atoms with Crippen LogP contribution < -0.4 is 4.74 Å². The first kappa shape index (κ1) is 18.8. The maximum atomic E-state index is 13.7. The first-order valence-corrected chi connectivity index (χ1v) is 7.98. The summed E-state index contributed by atoms with van der Waals surface area (Å²) in [6.07, 6.45) is -5.07. The summed E-state index contributed by atoms with van der Waals surface area (Å²) in [5.41, 5.74) is 2.22. The fraction of sp³-hybridized carbons (Fsp3) is 0.211. The van der Waals surface area contributed by atoms with Crippen molar-refractivity contribution in [1.29, 1.82) is 0 Å². The van der Waals surface area contributed by atoms with Crippen LogP contribution in [-0.2, 0) is 17.8 Å². The van der Waals surface area contributed by atoms with E-state index in [2.05, 4.69) is 4.74 Å². The number of carboxylic acids is 1. The Labute approximate surface area is 151 Å². The number of hydrogen-bond acceptors (Lipinski definition) is 2. The third-order valence-corrected chi connectivity index (χ3v) is 4.22. The number of halogens is 4. The monoisotopic (exact) mass is 381 g/mol. The van der Waals surface area contributed by atoms with E-state index in [4.69, 9.17) is 5.11 Å². The van der Waals surface area contributed by atoms with E-state index >= 15 is 0 Å². The summed E-state index contributed by atoms with van der Waals surface area (Å²) in [6.45, 7) is 1.88. The molecular weight excluding hydrogens is 366 g/mol. The summed E-state index contributed by atoms with van der Waals surface area (Å²) in [7, 11) is 0. The molecule has 0 fully saturated rings. The number of benzene rings is 2. The lowest BCUT2D eigenvalue weighted by Crippen LogP contribution is -2.17. The van der Waals surface area contributed by atoms with Crippen molar-refractivity contribution in [2.75, 3.05) is 0 Å². The molecule has 0 bridgehead atoms. The zero-order valence-corrected chi connectivity index (χ0v) is 14.2. The first-order chi connectivity index (χ1) is 12.6. The Kier molecular flexibility index (Phi) is 4.82. The molecule has 0 amide bonds. The molecule has 0 spiro atoms. The van der Waals surface area contributed by atoms with E-state index in [1.807, 2.05) is 0 Å². The number of nitrogens with zero attached hydrogens (tertiary/aromatic N) is 1. The molecule has 1 N–H and O–H groups in total. The van der Waals surface area contributed by atoms with E-state index in [0.29, 0.717) is 27.7 Å². The van der Waals surface area contributed by atoms with E-state index in [1.165, 1.54) is 36.4 Å². The van der Waals surface area contributed by atoms with E-state index < -0.39 is 18.1 Å². The first-order valence-electron chi connectivity index (χ1n) is 7.98. The van der Waals surface area contributed by atoms with Crippen molar-refractivity contribution in [3.63, 3.8) is 0 Å². The van der Waals surface area contributed by atoms with Gasteiger partial charge in [-0.15, -0.1) is 13.2 Å². The second kappa shape index (κ2) is 6.94. The largest absolute Gasteiger partial charge is 0.573 e. The molecule has 0 unspecified atom stereocenters. The van der Waals surface area contributed by atoms with E-state index in [0.717, 1.165) is 0 Å². The number of hydrogen-bond donors (Lipinski definition) is 1. The van der Waals surface area contributed by atoms with Crippen molar-refractivity contribution in [1.82, 2.24) is 4.57 Å². The molecule has 27 heavy (non-hydrogen) atoms. The van der Waals surface area contributed by atoms with E-state index in [1.54, 1.807) is 17.6 Å². The Morgan fingerprint density at radius 2 is 1.93 bits per heavy atom. The molecule has 3 aromatic rings. The van der Waals surface area contributed by atoms with Crippen LogP contribution in [0.25, 0.3) is 10.9 Å². The van der Waals surface area contributed by atoms with Crippen LogP contribution in [0.1, 0.15) is 16.8 Å². The molecule has 0 aliphatic rings. The van der Waals surface area contributed by atoms with E-state index in [-0.39, 0.29) is 18.7 Å².